The minimum atomic E-state index is -2.48. The molecule has 1 aliphatic carbocycles. The highest BCUT2D eigenvalue weighted by Crippen LogP contribution is 2.37. The maximum absolute atomic E-state index is 12.9. The van der Waals surface area contributed by atoms with Crippen molar-refractivity contribution < 1.29 is 8.78 Å². The van der Waals surface area contributed by atoms with Crippen LogP contribution in [0.1, 0.15) is 45.4 Å². The van der Waals surface area contributed by atoms with Gasteiger partial charge in [-0.15, -0.1) is 0 Å². The Labute approximate surface area is 84.4 Å². The van der Waals surface area contributed by atoms with Gasteiger partial charge in [-0.1, -0.05) is 25.5 Å². The molecule has 0 spiro atoms. The van der Waals surface area contributed by atoms with Crippen molar-refractivity contribution in [3.63, 3.8) is 0 Å². The minimum Gasteiger partial charge on any atom is -0.322 e. The van der Waals surface area contributed by atoms with Gasteiger partial charge in [0.1, 0.15) is 0 Å². The SMILES string of the molecule is CCC/C=C/C1(N)CCC(F)(F)CC1. The van der Waals surface area contributed by atoms with Crippen molar-refractivity contribution in [2.75, 3.05) is 0 Å². The first-order valence-corrected chi connectivity index (χ1v) is 5.32. The maximum Gasteiger partial charge on any atom is 0.248 e. The summed E-state index contributed by atoms with van der Waals surface area (Å²) in [7, 11) is 0. The molecule has 0 bridgehead atoms. The summed E-state index contributed by atoms with van der Waals surface area (Å²) >= 11 is 0. The molecule has 14 heavy (non-hydrogen) atoms. The number of hydrogen-bond donors (Lipinski definition) is 1. The van der Waals surface area contributed by atoms with Crippen LogP contribution in [0.3, 0.4) is 0 Å². The third-order valence-corrected chi connectivity index (χ3v) is 2.82. The van der Waals surface area contributed by atoms with Gasteiger partial charge in [-0.3, -0.25) is 0 Å². The van der Waals surface area contributed by atoms with E-state index in [4.69, 9.17) is 5.73 Å². The van der Waals surface area contributed by atoms with Crippen LogP contribution >= 0.6 is 0 Å². The lowest BCUT2D eigenvalue weighted by molar-refractivity contribution is -0.0450. The Balaban J connectivity index is 2.45. The smallest absolute Gasteiger partial charge is 0.248 e. The number of unbranched alkanes of at least 4 members (excludes halogenated alkanes) is 1. The number of halogens is 2. The Bertz CT molecular complexity index is 201. The summed E-state index contributed by atoms with van der Waals surface area (Å²) in [5.41, 5.74) is 5.53. The molecular formula is C11H19F2N. The standard InChI is InChI=1S/C11H19F2N/c1-2-3-4-5-10(14)6-8-11(12,13)9-7-10/h4-5H,2-3,6-9,14H2,1H3/b5-4+. The minimum absolute atomic E-state index is 0.0695. The number of nitrogens with two attached hydrogens (primary N) is 1. The zero-order valence-electron chi connectivity index (χ0n) is 8.73. The lowest BCUT2D eigenvalue weighted by atomic mass is 9.80. The Morgan fingerprint density at radius 3 is 2.29 bits per heavy atom. The molecule has 0 aromatic heterocycles. The van der Waals surface area contributed by atoms with Gasteiger partial charge >= 0.3 is 0 Å². The molecule has 82 valence electrons. The second-order valence-electron chi connectivity index (χ2n) is 4.28. The summed E-state index contributed by atoms with van der Waals surface area (Å²) in [6.07, 6.45) is 6.66. The van der Waals surface area contributed by atoms with Crippen molar-refractivity contribution >= 4 is 0 Å². The molecular weight excluding hydrogens is 184 g/mol. The molecule has 0 aromatic rings. The van der Waals surface area contributed by atoms with Crippen LogP contribution in [-0.4, -0.2) is 11.5 Å². The van der Waals surface area contributed by atoms with Crippen LogP contribution in [-0.2, 0) is 0 Å². The summed E-state index contributed by atoms with van der Waals surface area (Å²) in [5.74, 6) is -2.48. The fourth-order valence-corrected chi connectivity index (χ4v) is 1.73. The van der Waals surface area contributed by atoms with Gasteiger partial charge in [-0.2, -0.15) is 0 Å². The second-order valence-corrected chi connectivity index (χ2v) is 4.28. The summed E-state index contributed by atoms with van der Waals surface area (Å²) in [5, 5.41) is 0. The molecule has 0 saturated heterocycles. The Kier molecular flexibility index (Phi) is 3.65. The molecule has 0 unspecified atom stereocenters. The zero-order valence-corrected chi connectivity index (χ0v) is 8.73. The van der Waals surface area contributed by atoms with Gasteiger partial charge in [0, 0.05) is 18.4 Å². The zero-order chi connectivity index (χ0) is 10.7. The van der Waals surface area contributed by atoms with E-state index < -0.39 is 11.5 Å². The predicted octanol–water partition coefficient (Wildman–Crippen LogP) is 3.25. The van der Waals surface area contributed by atoms with Crippen molar-refractivity contribution in [2.24, 2.45) is 5.73 Å². The highest BCUT2D eigenvalue weighted by atomic mass is 19.3. The number of hydrogen-bond acceptors (Lipinski definition) is 1. The van der Waals surface area contributed by atoms with E-state index in [-0.39, 0.29) is 12.8 Å². The molecule has 0 aliphatic heterocycles. The van der Waals surface area contributed by atoms with Crippen LogP contribution in [0.15, 0.2) is 12.2 Å². The first-order chi connectivity index (χ1) is 6.47. The fraction of sp³-hybridized carbons (Fsp3) is 0.818. The summed E-state index contributed by atoms with van der Waals surface area (Å²) in [4.78, 5) is 0. The van der Waals surface area contributed by atoms with Gasteiger partial charge in [0.15, 0.2) is 0 Å². The van der Waals surface area contributed by atoms with Crippen molar-refractivity contribution in [3.8, 4) is 0 Å². The van der Waals surface area contributed by atoms with Crippen LogP contribution in [0.25, 0.3) is 0 Å². The van der Waals surface area contributed by atoms with Crippen LogP contribution in [0.5, 0.6) is 0 Å². The molecule has 0 amide bonds. The normalized spacial score (nSPS) is 25.4. The highest BCUT2D eigenvalue weighted by Gasteiger charge is 2.39. The second kappa shape index (κ2) is 4.39. The molecule has 1 nitrogen and oxygen atoms in total. The lowest BCUT2D eigenvalue weighted by Crippen LogP contribution is -2.44. The van der Waals surface area contributed by atoms with E-state index in [0.29, 0.717) is 12.8 Å². The van der Waals surface area contributed by atoms with Gasteiger partial charge in [0.05, 0.1) is 0 Å². The van der Waals surface area contributed by atoms with E-state index >= 15 is 0 Å². The molecule has 0 radical (unpaired) electrons. The third-order valence-electron chi connectivity index (χ3n) is 2.82. The molecule has 3 heteroatoms. The molecule has 1 aliphatic rings. The topological polar surface area (TPSA) is 26.0 Å². The Hall–Kier alpha value is -0.440. The van der Waals surface area contributed by atoms with E-state index in [1.807, 2.05) is 12.2 Å². The fourth-order valence-electron chi connectivity index (χ4n) is 1.73. The summed E-state index contributed by atoms with van der Waals surface area (Å²) in [6, 6.07) is 0. The molecule has 1 saturated carbocycles. The first kappa shape index (κ1) is 11.6. The molecule has 2 N–H and O–H groups in total. The van der Waals surface area contributed by atoms with Crippen LogP contribution in [0.2, 0.25) is 0 Å². The van der Waals surface area contributed by atoms with Gasteiger partial charge in [0.25, 0.3) is 0 Å². The third kappa shape index (κ3) is 3.37. The molecule has 0 heterocycles. The quantitative estimate of drug-likeness (QED) is 0.700. The van der Waals surface area contributed by atoms with Gasteiger partial charge in [-0.25, -0.2) is 8.78 Å². The van der Waals surface area contributed by atoms with Crippen LogP contribution in [0, 0.1) is 0 Å². The Morgan fingerprint density at radius 1 is 1.21 bits per heavy atom. The molecule has 1 rings (SSSR count). The van der Waals surface area contributed by atoms with Crippen LogP contribution < -0.4 is 5.73 Å². The Morgan fingerprint density at radius 2 is 1.79 bits per heavy atom. The summed E-state index contributed by atoms with van der Waals surface area (Å²) < 4.78 is 25.7. The van der Waals surface area contributed by atoms with Crippen molar-refractivity contribution in [2.45, 2.75) is 56.9 Å². The van der Waals surface area contributed by atoms with Gasteiger partial charge in [0.2, 0.25) is 5.92 Å². The predicted molar refractivity (Wildman–Crippen MR) is 54.4 cm³/mol. The van der Waals surface area contributed by atoms with E-state index in [1.54, 1.807) is 0 Å². The molecule has 1 fully saturated rings. The van der Waals surface area contributed by atoms with E-state index in [2.05, 4.69) is 6.92 Å². The van der Waals surface area contributed by atoms with E-state index in [9.17, 15) is 8.78 Å². The summed E-state index contributed by atoms with van der Waals surface area (Å²) in [6.45, 7) is 2.09. The van der Waals surface area contributed by atoms with Gasteiger partial charge in [-0.05, 0) is 19.3 Å². The van der Waals surface area contributed by atoms with E-state index in [0.717, 1.165) is 12.8 Å². The monoisotopic (exact) mass is 203 g/mol. The number of rotatable bonds is 3. The molecule has 0 atom stereocenters. The largest absolute Gasteiger partial charge is 0.322 e. The van der Waals surface area contributed by atoms with Crippen molar-refractivity contribution in [3.05, 3.63) is 12.2 Å². The molecule has 0 aromatic carbocycles. The number of alkyl halides is 2. The van der Waals surface area contributed by atoms with E-state index in [1.165, 1.54) is 0 Å². The number of allylic oxidation sites excluding steroid dienone is 1. The highest BCUT2D eigenvalue weighted by molar-refractivity contribution is 5.07. The van der Waals surface area contributed by atoms with Crippen LogP contribution in [0.4, 0.5) is 8.78 Å². The first-order valence-electron chi connectivity index (χ1n) is 5.32. The lowest BCUT2D eigenvalue weighted by Gasteiger charge is -2.34. The maximum atomic E-state index is 12.9. The van der Waals surface area contributed by atoms with Crippen molar-refractivity contribution in [1.29, 1.82) is 0 Å². The average molecular weight is 203 g/mol. The van der Waals surface area contributed by atoms with Crippen molar-refractivity contribution in [1.82, 2.24) is 0 Å². The van der Waals surface area contributed by atoms with Gasteiger partial charge < -0.3 is 5.73 Å². The average Bonchev–Trinajstić information content (AvgIpc) is 2.12.